The van der Waals surface area contributed by atoms with E-state index in [9.17, 15) is 0 Å². The summed E-state index contributed by atoms with van der Waals surface area (Å²) in [5.41, 5.74) is 8.46. The highest BCUT2D eigenvalue weighted by Gasteiger charge is 2.11. The van der Waals surface area contributed by atoms with Gasteiger partial charge in [-0.3, -0.25) is 0 Å². The first-order valence-corrected chi connectivity index (χ1v) is 7.11. The lowest BCUT2D eigenvalue weighted by atomic mass is 9.92. The van der Waals surface area contributed by atoms with Gasteiger partial charge < -0.3 is 10.5 Å². The second-order valence-electron chi connectivity index (χ2n) is 4.52. The van der Waals surface area contributed by atoms with Gasteiger partial charge in [-0.1, -0.05) is 36.4 Å². The van der Waals surface area contributed by atoms with E-state index in [1.165, 1.54) is 11.1 Å². The highest BCUT2D eigenvalue weighted by Crippen LogP contribution is 2.28. The minimum atomic E-state index is 0.349. The van der Waals surface area contributed by atoms with Crippen LogP contribution in [0.15, 0.2) is 53.0 Å². The molecule has 0 fully saturated rings. The second kappa shape index (κ2) is 6.73. The summed E-state index contributed by atoms with van der Waals surface area (Å²) in [6, 6.07) is 16.6. The van der Waals surface area contributed by atoms with Crippen molar-refractivity contribution in [3.05, 3.63) is 64.1 Å². The second-order valence-corrected chi connectivity index (χ2v) is 5.37. The fourth-order valence-electron chi connectivity index (χ4n) is 2.18. The Morgan fingerprint density at radius 2 is 1.89 bits per heavy atom. The minimum Gasteiger partial charge on any atom is -0.496 e. The zero-order valence-corrected chi connectivity index (χ0v) is 12.6. The van der Waals surface area contributed by atoms with E-state index in [1.54, 1.807) is 7.11 Å². The highest BCUT2D eigenvalue weighted by atomic mass is 79.9. The molecule has 0 heterocycles. The van der Waals surface area contributed by atoms with Crippen molar-refractivity contribution >= 4 is 15.9 Å². The first-order valence-electron chi connectivity index (χ1n) is 6.32. The van der Waals surface area contributed by atoms with E-state index in [0.717, 1.165) is 16.6 Å². The quantitative estimate of drug-likeness (QED) is 0.911. The van der Waals surface area contributed by atoms with Crippen molar-refractivity contribution in [1.29, 1.82) is 0 Å². The zero-order valence-electron chi connectivity index (χ0n) is 11.0. The van der Waals surface area contributed by atoms with Gasteiger partial charge in [0, 0.05) is 5.92 Å². The van der Waals surface area contributed by atoms with Gasteiger partial charge in [0.15, 0.2) is 0 Å². The number of rotatable bonds is 5. The summed E-state index contributed by atoms with van der Waals surface area (Å²) in [5, 5.41) is 0. The van der Waals surface area contributed by atoms with Crippen LogP contribution in [0.25, 0.3) is 0 Å². The molecule has 2 rings (SSSR count). The molecule has 0 aliphatic carbocycles. The maximum atomic E-state index is 5.91. The fraction of sp³-hybridized carbons (Fsp3) is 0.250. The molecule has 0 saturated carbocycles. The molecule has 0 aliphatic rings. The molecule has 0 spiro atoms. The third-order valence-electron chi connectivity index (χ3n) is 3.25. The molecule has 0 radical (unpaired) electrons. The lowest BCUT2D eigenvalue weighted by Crippen LogP contribution is -2.15. The zero-order chi connectivity index (χ0) is 13.7. The minimum absolute atomic E-state index is 0.349. The van der Waals surface area contributed by atoms with Crippen molar-refractivity contribution in [1.82, 2.24) is 0 Å². The van der Waals surface area contributed by atoms with Crippen molar-refractivity contribution in [2.24, 2.45) is 5.73 Å². The summed E-state index contributed by atoms with van der Waals surface area (Å²) in [6.45, 7) is 0.646. The summed E-state index contributed by atoms with van der Waals surface area (Å²) in [4.78, 5) is 0. The van der Waals surface area contributed by atoms with Crippen LogP contribution in [0, 0.1) is 0 Å². The summed E-state index contributed by atoms with van der Waals surface area (Å²) in [6.07, 6.45) is 0.934. The predicted molar refractivity (Wildman–Crippen MR) is 82.6 cm³/mol. The normalized spacial score (nSPS) is 12.2. The number of hydrogen-bond acceptors (Lipinski definition) is 2. The summed E-state index contributed by atoms with van der Waals surface area (Å²) in [7, 11) is 1.67. The Hall–Kier alpha value is -1.32. The highest BCUT2D eigenvalue weighted by molar-refractivity contribution is 9.10. The lowest BCUT2D eigenvalue weighted by Gasteiger charge is -2.16. The van der Waals surface area contributed by atoms with Crippen molar-refractivity contribution < 1.29 is 4.74 Å². The van der Waals surface area contributed by atoms with Crippen molar-refractivity contribution in [2.75, 3.05) is 13.7 Å². The standard InChI is InChI=1S/C16H18BrNO/c1-19-16-8-7-12(10-15(16)17)9-14(11-18)13-5-3-2-4-6-13/h2-8,10,14H,9,11,18H2,1H3. The van der Waals surface area contributed by atoms with Gasteiger partial charge in [0.2, 0.25) is 0 Å². The Bertz CT molecular complexity index is 528. The number of hydrogen-bond donors (Lipinski definition) is 1. The van der Waals surface area contributed by atoms with Gasteiger partial charge in [-0.2, -0.15) is 0 Å². The van der Waals surface area contributed by atoms with Crippen LogP contribution in [0.4, 0.5) is 0 Å². The molecule has 0 aliphatic heterocycles. The Balaban J connectivity index is 2.17. The van der Waals surface area contributed by atoms with Crippen LogP contribution in [0.5, 0.6) is 5.75 Å². The van der Waals surface area contributed by atoms with Crippen LogP contribution in [0.1, 0.15) is 17.0 Å². The van der Waals surface area contributed by atoms with Crippen molar-refractivity contribution in [2.45, 2.75) is 12.3 Å². The molecule has 3 heteroatoms. The molecule has 2 N–H and O–H groups in total. The van der Waals surface area contributed by atoms with E-state index in [0.29, 0.717) is 12.5 Å². The monoisotopic (exact) mass is 319 g/mol. The van der Waals surface area contributed by atoms with Crippen molar-refractivity contribution in [3.8, 4) is 5.75 Å². The van der Waals surface area contributed by atoms with Crippen LogP contribution < -0.4 is 10.5 Å². The van der Waals surface area contributed by atoms with Gasteiger partial charge in [0.1, 0.15) is 5.75 Å². The Kier molecular flexibility index (Phi) is 5.00. The maximum Gasteiger partial charge on any atom is 0.133 e. The van der Waals surface area contributed by atoms with Gasteiger partial charge in [-0.15, -0.1) is 0 Å². The van der Waals surface area contributed by atoms with Crippen LogP contribution in [-0.4, -0.2) is 13.7 Å². The molecular weight excluding hydrogens is 302 g/mol. The van der Waals surface area contributed by atoms with E-state index in [2.05, 4.69) is 52.3 Å². The van der Waals surface area contributed by atoms with Crippen LogP contribution in [0.3, 0.4) is 0 Å². The molecule has 0 amide bonds. The number of methoxy groups -OCH3 is 1. The first-order chi connectivity index (χ1) is 9.24. The topological polar surface area (TPSA) is 35.2 Å². The summed E-state index contributed by atoms with van der Waals surface area (Å²) >= 11 is 3.52. The molecular formula is C16H18BrNO. The molecule has 2 nitrogen and oxygen atoms in total. The average molecular weight is 320 g/mol. The number of benzene rings is 2. The molecule has 0 bridgehead atoms. The van der Waals surface area contributed by atoms with Crippen LogP contribution in [0.2, 0.25) is 0 Å². The fourth-order valence-corrected chi connectivity index (χ4v) is 2.77. The SMILES string of the molecule is COc1ccc(CC(CN)c2ccccc2)cc1Br. The van der Waals surface area contributed by atoms with Crippen LogP contribution >= 0.6 is 15.9 Å². The molecule has 0 aromatic heterocycles. The average Bonchev–Trinajstić information content (AvgIpc) is 2.46. The van der Waals surface area contributed by atoms with Gasteiger partial charge in [-0.25, -0.2) is 0 Å². The maximum absolute atomic E-state index is 5.91. The van der Waals surface area contributed by atoms with Gasteiger partial charge in [0.25, 0.3) is 0 Å². The van der Waals surface area contributed by atoms with E-state index in [4.69, 9.17) is 10.5 Å². The molecule has 2 aromatic carbocycles. The Morgan fingerprint density at radius 3 is 2.47 bits per heavy atom. The summed E-state index contributed by atoms with van der Waals surface area (Å²) < 4.78 is 6.23. The first kappa shape index (κ1) is 14.1. The molecule has 0 saturated heterocycles. The Labute approximate surface area is 122 Å². The van der Waals surface area contributed by atoms with E-state index < -0.39 is 0 Å². The predicted octanol–water partition coefficient (Wildman–Crippen LogP) is 3.74. The Morgan fingerprint density at radius 1 is 1.16 bits per heavy atom. The number of halogens is 1. The van der Waals surface area contributed by atoms with Crippen molar-refractivity contribution in [3.63, 3.8) is 0 Å². The lowest BCUT2D eigenvalue weighted by molar-refractivity contribution is 0.412. The largest absolute Gasteiger partial charge is 0.496 e. The smallest absolute Gasteiger partial charge is 0.133 e. The number of ether oxygens (including phenoxy) is 1. The summed E-state index contributed by atoms with van der Waals surface area (Å²) in [5.74, 6) is 1.20. The van der Waals surface area contributed by atoms with E-state index in [-0.39, 0.29) is 0 Å². The van der Waals surface area contributed by atoms with E-state index >= 15 is 0 Å². The van der Waals surface area contributed by atoms with E-state index in [1.807, 2.05) is 12.1 Å². The van der Waals surface area contributed by atoms with Gasteiger partial charge in [-0.05, 0) is 52.2 Å². The molecule has 100 valence electrons. The molecule has 19 heavy (non-hydrogen) atoms. The van der Waals surface area contributed by atoms with Crippen LogP contribution in [-0.2, 0) is 6.42 Å². The molecule has 1 unspecified atom stereocenters. The third kappa shape index (κ3) is 3.58. The molecule has 1 atom stereocenters. The third-order valence-corrected chi connectivity index (χ3v) is 3.87. The number of nitrogens with two attached hydrogens (primary N) is 1. The molecule has 2 aromatic rings. The van der Waals surface area contributed by atoms with Gasteiger partial charge in [0.05, 0.1) is 11.6 Å². The van der Waals surface area contributed by atoms with Gasteiger partial charge >= 0.3 is 0 Å².